The van der Waals surface area contributed by atoms with Crippen LogP contribution in [0.3, 0.4) is 0 Å². The van der Waals surface area contributed by atoms with Crippen LogP contribution in [-0.4, -0.2) is 25.3 Å². The number of nitrogens with zero attached hydrogens (tertiary/aromatic N) is 5. The van der Waals surface area contributed by atoms with Gasteiger partial charge in [-0.3, -0.25) is 0 Å². The fraction of sp³-hybridized carbons (Fsp3) is 0.500. The van der Waals surface area contributed by atoms with E-state index in [-0.39, 0.29) is 5.82 Å². The highest BCUT2D eigenvalue weighted by Gasteiger charge is 2.17. The molecule has 0 aromatic carbocycles. The molecule has 2 N–H and O–H groups in total. The van der Waals surface area contributed by atoms with Crippen LogP contribution in [0.1, 0.15) is 31.2 Å². The molecule has 0 aliphatic rings. The Kier molecular flexibility index (Phi) is 2.14. The Bertz CT molecular complexity index is 471. The van der Waals surface area contributed by atoms with E-state index in [0.29, 0.717) is 11.7 Å². The molecular weight excluding hydrogens is 196 g/mol. The monoisotopic (exact) mass is 208 g/mol. The molecule has 2 aromatic rings. The maximum Gasteiger partial charge on any atom is 0.243 e. The van der Waals surface area contributed by atoms with Gasteiger partial charge in [0.05, 0.1) is 11.4 Å². The molecule has 0 aliphatic carbocycles. The first-order valence-electron chi connectivity index (χ1n) is 4.62. The van der Waals surface area contributed by atoms with Crippen LogP contribution in [0.15, 0.2) is 4.63 Å². The summed E-state index contributed by atoms with van der Waals surface area (Å²) in [6.07, 6.45) is 0. The number of rotatable bonds is 2. The predicted octanol–water partition coefficient (Wildman–Crippen LogP) is 0.664. The Hall–Kier alpha value is -1.92. The predicted molar refractivity (Wildman–Crippen MR) is 52.5 cm³/mol. The van der Waals surface area contributed by atoms with Gasteiger partial charge in [0, 0.05) is 0 Å². The summed E-state index contributed by atoms with van der Waals surface area (Å²) in [5, 5.41) is 15.2. The second-order valence-electron chi connectivity index (χ2n) is 3.60. The number of nitrogens with two attached hydrogens (primary N) is 1. The lowest BCUT2D eigenvalue weighted by Crippen LogP contribution is -2.03. The van der Waals surface area contributed by atoms with E-state index in [1.54, 1.807) is 0 Å². The van der Waals surface area contributed by atoms with Gasteiger partial charge >= 0.3 is 0 Å². The van der Waals surface area contributed by atoms with Gasteiger partial charge in [-0.05, 0) is 23.2 Å². The smallest absolute Gasteiger partial charge is 0.243 e. The zero-order chi connectivity index (χ0) is 11.0. The van der Waals surface area contributed by atoms with E-state index in [4.69, 9.17) is 5.73 Å². The summed E-state index contributed by atoms with van der Waals surface area (Å²) in [4.78, 5) is 0. The zero-order valence-corrected chi connectivity index (χ0v) is 8.80. The highest BCUT2D eigenvalue weighted by Crippen LogP contribution is 2.19. The number of hydrogen-bond acceptors (Lipinski definition) is 6. The number of hydrogen-bond donors (Lipinski definition) is 1. The van der Waals surface area contributed by atoms with E-state index in [2.05, 4.69) is 25.3 Å². The highest BCUT2D eigenvalue weighted by atomic mass is 16.6. The molecule has 0 spiro atoms. The normalized spacial score (nSPS) is 11.2. The van der Waals surface area contributed by atoms with Crippen molar-refractivity contribution >= 4 is 5.82 Å². The van der Waals surface area contributed by atoms with Crippen LogP contribution >= 0.6 is 0 Å². The Morgan fingerprint density at radius 1 is 1.33 bits per heavy atom. The maximum absolute atomic E-state index is 5.57. The average Bonchev–Trinajstić information content (AvgIpc) is 2.71. The van der Waals surface area contributed by atoms with Gasteiger partial charge < -0.3 is 5.73 Å². The van der Waals surface area contributed by atoms with Gasteiger partial charge in [0.25, 0.3) is 0 Å². The van der Waals surface area contributed by atoms with E-state index < -0.39 is 0 Å². The SMILES string of the molecule is Cc1c(C(C)C)nnn1-c1nonc1N. The minimum atomic E-state index is 0.207. The zero-order valence-electron chi connectivity index (χ0n) is 8.80. The van der Waals surface area contributed by atoms with Crippen molar-refractivity contribution in [1.82, 2.24) is 25.3 Å². The topological polar surface area (TPSA) is 95.6 Å². The molecular formula is C8H12N6O. The lowest BCUT2D eigenvalue weighted by molar-refractivity contribution is 0.306. The lowest BCUT2D eigenvalue weighted by Gasteiger charge is -2.01. The number of anilines is 1. The largest absolute Gasteiger partial charge is 0.378 e. The molecule has 2 rings (SSSR count). The van der Waals surface area contributed by atoms with Gasteiger partial charge in [0.15, 0.2) is 0 Å². The Morgan fingerprint density at radius 2 is 2.07 bits per heavy atom. The minimum Gasteiger partial charge on any atom is -0.378 e. The maximum atomic E-state index is 5.57. The lowest BCUT2D eigenvalue weighted by atomic mass is 10.1. The number of nitrogen functional groups attached to an aromatic ring is 1. The third-order valence-electron chi connectivity index (χ3n) is 2.17. The van der Waals surface area contributed by atoms with Crippen LogP contribution in [0, 0.1) is 6.92 Å². The van der Waals surface area contributed by atoms with Crippen molar-refractivity contribution in [1.29, 1.82) is 0 Å². The van der Waals surface area contributed by atoms with Gasteiger partial charge in [0.2, 0.25) is 11.6 Å². The molecule has 0 saturated carbocycles. The summed E-state index contributed by atoms with van der Waals surface area (Å²) in [7, 11) is 0. The minimum absolute atomic E-state index is 0.207. The molecule has 0 aliphatic heterocycles. The molecule has 0 atom stereocenters. The Labute approximate surface area is 86.2 Å². The first-order valence-corrected chi connectivity index (χ1v) is 4.62. The van der Waals surface area contributed by atoms with E-state index in [1.807, 2.05) is 20.8 Å². The molecule has 0 unspecified atom stereocenters. The van der Waals surface area contributed by atoms with E-state index in [1.165, 1.54) is 4.68 Å². The fourth-order valence-electron chi connectivity index (χ4n) is 1.41. The van der Waals surface area contributed by atoms with Crippen molar-refractivity contribution in [3.63, 3.8) is 0 Å². The molecule has 0 bridgehead atoms. The summed E-state index contributed by atoms with van der Waals surface area (Å²) < 4.78 is 6.04. The third-order valence-corrected chi connectivity index (χ3v) is 2.17. The standard InChI is InChI=1S/C8H12N6O/c1-4(2)6-5(3)14(13-10-6)8-7(9)11-15-12-8/h4H,1-3H3,(H2,9,11). The Morgan fingerprint density at radius 3 is 2.53 bits per heavy atom. The van der Waals surface area contributed by atoms with Crippen LogP contribution in [-0.2, 0) is 0 Å². The summed E-state index contributed by atoms with van der Waals surface area (Å²) in [5.74, 6) is 0.894. The van der Waals surface area contributed by atoms with Crippen molar-refractivity contribution in [2.75, 3.05) is 5.73 Å². The van der Waals surface area contributed by atoms with E-state index >= 15 is 0 Å². The van der Waals surface area contributed by atoms with Gasteiger partial charge in [-0.25, -0.2) is 4.63 Å². The molecule has 0 saturated heterocycles. The van der Waals surface area contributed by atoms with Crippen LogP contribution < -0.4 is 5.73 Å². The fourth-order valence-corrected chi connectivity index (χ4v) is 1.41. The summed E-state index contributed by atoms with van der Waals surface area (Å²) >= 11 is 0. The third kappa shape index (κ3) is 1.45. The summed E-state index contributed by atoms with van der Waals surface area (Å²) in [5.41, 5.74) is 7.38. The Balaban J connectivity index is 2.51. The first-order chi connectivity index (χ1) is 7.11. The first kappa shape index (κ1) is 9.63. The van der Waals surface area contributed by atoms with Crippen molar-refractivity contribution in [3.8, 4) is 5.82 Å². The molecule has 15 heavy (non-hydrogen) atoms. The quantitative estimate of drug-likeness (QED) is 0.779. The highest BCUT2D eigenvalue weighted by molar-refractivity contribution is 5.44. The van der Waals surface area contributed by atoms with Crippen molar-refractivity contribution in [2.24, 2.45) is 0 Å². The van der Waals surface area contributed by atoms with Crippen LogP contribution in [0.4, 0.5) is 5.82 Å². The van der Waals surface area contributed by atoms with Gasteiger partial charge in [-0.1, -0.05) is 19.1 Å². The van der Waals surface area contributed by atoms with Crippen molar-refractivity contribution < 1.29 is 4.63 Å². The van der Waals surface area contributed by atoms with Crippen LogP contribution in [0.2, 0.25) is 0 Å². The molecule has 2 aromatic heterocycles. The molecule has 0 amide bonds. The molecule has 7 heteroatoms. The molecule has 0 radical (unpaired) electrons. The van der Waals surface area contributed by atoms with Gasteiger partial charge in [0.1, 0.15) is 0 Å². The summed E-state index contributed by atoms with van der Waals surface area (Å²) in [6.45, 7) is 6.00. The second-order valence-corrected chi connectivity index (χ2v) is 3.60. The van der Waals surface area contributed by atoms with Crippen LogP contribution in [0.5, 0.6) is 0 Å². The molecule has 7 nitrogen and oxygen atoms in total. The van der Waals surface area contributed by atoms with E-state index in [9.17, 15) is 0 Å². The van der Waals surface area contributed by atoms with Crippen LogP contribution in [0.25, 0.3) is 5.82 Å². The number of aromatic nitrogens is 5. The van der Waals surface area contributed by atoms with E-state index in [0.717, 1.165) is 11.4 Å². The van der Waals surface area contributed by atoms with Crippen molar-refractivity contribution in [2.45, 2.75) is 26.7 Å². The second kappa shape index (κ2) is 3.34. The van der Waals surface area contributed by atoms with Gasteiger partial charge in [-0.15, -0.1) is 5.10 Å². The average molecular weight is 208 g/mol. The molecule has 80 valence electrons. The molecule has 2 heterocycles. The van der Waals surface area contributed by atoms with Crippen molar-refractivity contribution in [3.05, 3.63) is 11.4 Å². The van der Waals surface area contributed by atoms with Gasteiger partial charge in [-0.2, -0.15) is 4.68 Å². The molecule has 0 fully saturated rings. The summed E-state index contributed by atoms with van der Waals surface area (Å²) in [6, 6.07) is 0.